The molecule has 1 heterocycles. The average molecular weight is 244 g/mol. The summed E-state index contributed by atoms with van der Waals surface area (Å²) >= 11 is 3.22. The van der Waals surface area contributed by atoms with Gasteiger partial charge in [-0.05, 0) is 35.0 Å². The van der Waals surface area contributed by atoms with Crippen molar-refractivity contribution < 1.29 is 4.79 Å². The number of anilines is 1. The Kier molecular flexibility index (Phi) is 3.25. The highest BCUT2D eigenvalue weighted by atomic mass is 79.9. The summed E-state index contributed by atoms with van der Waals surface area (Å²) in [4.78, 5) is 14.8. The molecule has 0 bridgehead atoms. The van der Waals surface area contributed by atoms with Crippen molar-refractivity contribution in [1.82, 2.24) is 4.98 Å². The van der Waals surface area contributed by atoms with E-state index < -0.39 is 11.9 Å². The summed E-state index contributed by atoms with van der Waals surface area (Å²) in [6.45, 7) is 1.69. The van der Waals surface area contributed by atoms with Crippen LogP contribution in [0.4, 0.5) is 5.82 Å². The predicted octanol–water partition coefficient (Wildman–Crippen LogP) is 1.13. The van der Waals surface area contributed by atoms with E-state index in [1.807, 2.05) is 6.07 Å². The predicted molar refractivity (Wildman–Crippen MR) is 54.2 cm³/mol. The highest BCUT2D eigenvalue weighted by molar-refractivity contribution is 9.10. The van der Waals surface area contributed by atoms with E-state index in [4.69, 9.17) is 5.73 Å². The largest absolute Gasteiger partial charge is 0.368 e. The second kappa shape index (κ2) is 4.23. The standard InChI is InChI=1S/C8H10BrN3O/c1-5(8(10)13)11-7-4-2-3-6(9)12-7/h2-5H,1H3,(H2,10,13)(H,11,12). The van der Waals surface area contributed by atoms with Crippen LogP contribution in [0.1, 0.15) is 6.92 Å². The second-order valence-corrected chi connectivity index (χ2v) is 3.43. The van der Waals surface area contributed by atoms with E-state index in [2.05, 4.69) is 26.2 Å². The van der Waals surface area contributed by atoms with Gasteiger partial charge in [0.25, 0.3) is 0 Å². The quantitative estimate of drug-likeness (QED) is 0.783. The van der Waals surface area contributed by atoms with Gasteiger partial charge in [-0.15, -0.1) is 0 Å². The normalized spacial score (nSPS) is 12.2. The van der Waals surface area contributed by atoms with Crippen LogP contribution in [0.25, 0.3) is 0 Å². The Bertz CT molecular complexity index is 316. The van der Waals surface area contributed by atoms with Gasteiger partial charge in [-0.25, -0.2) is 4.98 Å². The Hall–Kier alpha value is -1.10. The summed E-state index contributed by atoms with van der Waals surface area (Å²) < 4.78 is 0.717. The molecule has 1 unspecified atom stereocenters. The van der Waals surface area contributed by atoms with Crippen molar-refractivity contribution >= 4 is 27.7 Å². The molecule has 0 aliphatic carbocycles. The number of nitrogens with zero attached hydrogens (tertiary/aromatic N) is 1. The third-order valence-electron chi connectivity index (χ3n) is 1.51. The maximum Gasteiger partial charge on any atom is 0.239 e. The van der Waals surface area contributed by atoms with Crippen LogP contribution in [-0.4, -0.2) is 16.9 Å². The molecule has 0 spiro atoms. The summed E-state index contributed by atoms with van der Waals surface area (Å²) in [6.07, 6.45) is 0. The van der Waals surface area contributed by atoms with Gasteiger partial charge < -0.3 is 11.1 Å². The van der Waals surface area contributed by atoms with Crippen LogP contribution in [0.5, 0.6) is 0 Å². The number of nitrogens with two attached hydrogens (primary N) is 1. The van der Waals surface area contributed by atoms with Crippen LogP contribution in [-0.2, 0) is 4.79 Å². The first-order valence-corrected chi connectivity index (χ1v) is 4.57. The summed E-state index contributed by atoms with van der Waals surface area (Å²) in [7, 11) is 0. The number of hydrogen-bond acceptors (Lipinski definition) is 3. The highest BCUT2D eigenvalue weighted by Gasteiger charge is 2.07. The molecular formula is C8H10BrN3O. The van der Waals surface area contributed by atoms with Crippen molar-refractivity contribution in [1.29, 1.82) is 0 Å². The number of pyridine rings is 1. The van der Waals surface area contributed by atoms with E-state index in [0.29, 0.717) is 10.4 Å². The second-order valence-electron chi connectivity index (χ2n) is 2.61. The van der Waals surface area contributed by atoms with Crippen LogP contribution >= 0.6 is 15.9 Å². The molecule has 0 saturated carbocycles. The molecule has 13 heavy (non-hydrogen) atoms. The van der Waals surface area contributed by atoms with Crippen molar-refractivity contribution in [2.45, 2.75) is 13.0 Å². The maximum atomic E-state index is 10.7. The molecule has 0 fully saturated rings. The van der Waals surface area contributed by atoms with Gasteiger partial charge >= 0.3 is 0 Å². The average Bonchev–Trinajstić information content (AvgIpc) is 2.04. The number of amides is 1. The van der Waals surface area contributed by atoms with Gasteiger partial charge in [-0.2, -0.15) is 0 Å². The fourth-order valence-electron chi connectivity index (χ4n) is 0.782. The van der Waals surface area contributed by atoms with E-state index in [1.165, 1.54) is 0 Å². The van der Waals surface area contributed by atoms with Crippen molar-refractivity contribution in [2.75, 3.05) is 5.32 Å². The third kappa shape index (κ3) is 3.02. The molecule has 0 radical (unpaired) electrons. The van der Waals surface area contributed by atoms with Crippen LogP contribution in [0.15, 0.2) is 22.8 Å². The van der Waals surface area contributed by atoms with Crippen molar-refractivity contribution in [3.63, 3.8) is 0 Å². The number of aromatic nitrogens is 1. The Morgan fingerprint density at radius 2 is 2.38 bits per heavy atom. The zero-order valence-corrected chi connectivity index (χ0v) is 8.71. The van der Waals surface area contributed by atoms with E-state index in [0.717, 1.165) is 0 Å². The Morgan fingerprint density at radius 1 is 1.69 bits per heavy atom. The molecule has 1 atom stereocenters. The first kappa shape index (κ1) is 9.98. The molecular weight excluding hydrogens is 234 g/mol. The number of hydrogen-bond donors (Lipinski definition) is 2. The minimum Gasteiger partial charge on any atom is -0.368 e. The number of primary amides is 1. The summed E-state index contributed by atoms with van der Waals surface area (Å²) in [5.74, 6) is 0.224. The van der Waals surface area contributed by atoms with Crippen molar-refractivity contribution in [2.24, 2.45) is 5.73 Å². The van der Waals surface area contributed by atoms with Crippen LogP contribution < -0.4 is 11.1 Å². The maximum absolute atomic E-state index is 10.7. The van der Waals surface area contributed by atoms with Crippen molar-refractivity contribution in [3.05, 3.63) is 22.8 Å². The van der Waals surface area contributed by atoms with Crippen LogP contribution in [0.2, 0.25) is 0 Å². The van der Waals surface area contributed by atoms with Gasteiger partial charge in [0.1, 0.15) is 16.5 Å². The summed E-state index contributed by atoms with van der Waals surface area (Å²) in [6, 6.07) is 4.99. The van der Waals surface area contributed by atoms with Gasteiger partial charge in [0.15, 0.2) is 0 Å². The lowest BCUT2D eigenvalue weighted by molar-refractivity contribution is -0.118. The minimum atomic E-state index is -0.415. The van der Waals surface area contributed by atoms with Gasteiger partial charge in [-0.1, -0.05) is 6.07 Å². The smallest absolute Gasteiger partial charge is 0.239 e. The Labute approximate surface area is 84.7 Å². The SMILES string of the molecule is CC(Nc1cccc(Br)n1)C(N)=O. The van der Waals surface area contributed by atoms with Gasteiger partial charge in [-0.3, -0.25) is 4.79 Å². The van der Waals surface area contributed by atoms with Crippen LogP contribution in [0, 0.1) is 0 Å². The fourth-order valence-corrected chi connectivity index (χ4v) is 1.13. The topological polar surface area (TPSA) is 68.0 Å². The third-order valence-corrected chi connectivity index (χ3v) is 1.95. The lowest BCUT2D eigenvalue weighted by Crippen LogP contribution is -2.32. The Morgan fingerprint density at radius 3 is 2.92 bits per heavy atom. The monoisotopic (exact) mass is 243 g/mol. The molecule has 1 aromatic heterocycles. The van der Waals surface area contributed by atoms with Gasteiger partial charge in [0.05, 0.1) is 0 Å². The lowest BCUT2D eigenvalue weighted by Gasteiger charge is -2.10. The van der Waals surface area contributed by atoms with E-state index in [9.17, 15) is 4.79 Å². The fraction of sp³-hybridized carbons (Fsp3) is 0.250. The summed E-state index contributed by atoms with van der Waals surface area (Å²) in [5.41, 5.74) is 5.08. The van der Waals surface area contributed by atoms with Gasteiger partial charge in [0.2, 0.25) is 5.91 Å². The van der Waals surface area contributed by atoms with E-state index >= 15 is 0 Å². The molecule has 0 saturated heterocycles. The number of rotatable bonds is 3. The molecule has 5 heteroatoms. The number of carbonyl (C=O) groups excluding carboxylic acids is 1. The lowest BCUT2D eigenvalue weighted by atomic mass is 10.3. The molecule has 1 aromatic rings. The molecule has 0 aliphatic heterocycles. The molecule has 3 N–H and O–H groups in total. The number of carbonyl (C=O) groups is 1. The summed E-state index contributed by atoms with van der Waals surface area (Å²) in [5, 5.41) is 2.87. The first-order chi connectivity index (χ1) is 6.09. The minimum absolute atomic E-state index is 0.401. The van der Waals surface area contributed by atoms with Crippen LogP contribution in [0.3, 0.4) is 0 Å². The van der Waals surface area contributed by atoms with Gasteiger partial charge in [0, 0.05) is 0 Å². The highest BCUT2D eigenvalue weighted by Crippen LogP contribution is 2.10. The number of halogens is 1. The molecule has 0 aromatic carbocycles. The molecule has 1 rings (SSSR count). The zero-order chi connectivity index (χ0) is 9.84. The Balaban J connectivity index is 2.69. The van der Waals surface area contributed by atoms with E-state index in [1.54, 1.807) is 19.1 Å². The molecule has 1 amide bonds. The van der Waals surface area contributed by atoms with E-state index in [-0.39, 0.29) is 0 Å². The molecule has 0 aliphatic rings. The number of nitrogens with one attached hydrogen (secondary N) is 1. The molecule has 70 valence electrons. The first-order valence-electron chi connectivity index (χ1n) is 3.78. The zero-order valence-electron chi connectivity index (χ0n) is 7.12. The van der Waals surface area contributed by atoms with Crippen molar-refractivity contribution in [3.8, 4) is 0 Å². The molecule has 4 nitrogen and oxygen atoms in total.